The minimum atomic E-state index is 0.601. The van der Waals surface area contributed by atoms with Crippen LogP contribution in [0.25, 0.3) is 11.3 Å². The van der Waals surface area contributed by atoms with Gasteiger partial charge in [-0.1, -0.05) is 61.8 Å². The lowest BCUT2D eigenvalue weighted by Crippen LogP contribution is -1.91. The molecule has 0 amide bonds. The maximum Gasteiger partial charge on any atom is 0.110 e. The van der Waals surface area contributed by atoms with Crippen LogP contribution in [0.1, 0.15) is 43.1 Å². The van der Waals surface area contributed by atoms with E-state index in [1.165, 1.54) is 11.1 Å². The largest absolute Gasteiger partial charge is 0.342 e. The van der Waals surface area contributed by atoms with E-state index in [-0.39, 0.29) is 0 Å². The predicted molar refractivity (Wildman–Crippen MR) is 97.0 cm³/mol. The number of aromatic amines is 1. The van der Waals surface area contributed by atoms with Crippen molar-refractivity contribution in [2.24, 2.45) is 0 Å². The summed E-state index contributed by atoms with van der Waals surface area (Å²) in [5.41, 5.74) is 4.76. The number of aromatic nitrogens is 2. The number of nitrogens with zero attached hydrogens (tertiary/aromatic N) is 1. The number of hydrogen-bond donors (Lipinski definition) is 1. The van der Waals surface area contributed by atoms with Crippen LogP contribution in [0.15, 0.2) is 54.7 Å². The molecule has 0 aliphatic heterocycles. The van der Waals surface area contributed by atoms with Gasteiger partial charge in [0.25, 0.3) is 0 Å². The second-order valence-corrected chi connectivity index (χ2v) is 6.42. The topological polar surface area (TPSA) is 28.7 Å². The lowest BCUT2D eigenvalue weighted by Gasteiger charge is -2.09. The Morgan fingerprint density at radius 2 is 1.91 bits per heavy atom. The number of hydrogen-bond acceptors (Lipinski definition) is 1. The fourth-order valence-electron chi connectivity index (χ4n) is 2.67. The first kappa shape index (κ1) is 15.8. The Morgan fingerprint density at radius 1 is 1.13 bits per heavy atom. The van der Waals surface area contributed by atoms with Gasteiger partial charge in [0.1, 0.15) is 5.82 Å². The summed E-state index contributed by atoms with van der Waals surface area (Å²) in [5, 5.41) is 0.759. The SMILES string of the molecule is CCC(C)c1ccc(-c2cnc(Cc3cccc(Cl)c3)[nH]2)cc1. The number of H-pyrrole nitrogens is 1. The van der Waals surface area contributed by atoms with Crippen molar-refractivity contribution in [1.82, 2.24) is 9.97 Å². The third kappa shape index (κ3) is 3.83. The third-order valence-electron chi connectivity index (χ3n) is 4.29. The molecule has 1 aromatic heterocycles. The molecule has 3 aromatic rings. The minimum absolute atomic E-state index is 0.601. The van der Waals surface area contributed by atoms with E-state index in [9.17, 15) is 0 Å². The lowest BCUT2D eigenvalue weighted by atomic mass is 9.97. The maximum absolute atomic E-state index is 6.03. The van der Waals surface area contributed by atoms with E-state index in [1.807, 2.05) is 24.4 Å². The summed E-state index contributed by atoms with van der Waals surface area (Å²) >= 11 is 6.03. The number of imidazole rings is 1. The van der Waals surface area contributed by atoms with Crippen LogP contribution in [-0.4, -0.2) is 9.97 Å². The first-order valence-electron chi connectivity index (χ1n) is 8.04. The Balaban J connectivity index is 1.76. The molecule has 2 nitrogen and oxygen atoms in total. The van der Waals surface area contributed by atoms with Gasteiger partial charge in [-0.05, 0) is 41.2 Å². The summed E-state index contributed by atoms with van der Waals surface area (Å²) in [6.07, 6.45) is 3.82. The molecule has 118 valence electrons. The fourth-order valence-corrected chi connectivity index (χ4v) is 2.88. The van der Waals surface area contributed by atoms with Gasteiger partial charge in [-0.2, -0.15) is 0 Å². The Bertz CT molecular complexity index is 774. The van der Waals surface area contributed by atoms with E-state index in [2.05, 4.69) is 54.1 Å². The molecule has 0 saturated carbocycles. The number of rotatable bonds is 5. The van der Waals surface area contributed by atoms with Crippen LogP contribution < -0.4 is 0 Å². The van der Waals surface area contributed by atoms with Crippen LogP contribution in [0.4, 0.5) is 0 Å². The molecule has 2 aromatic carbocycles. The number of nitrogens with one attached hydrogen (secondary N) is 1. The lowest BCUT2D eigenvalue weighted by molar-refractivity contribution is 0.734. The van der Waals surface area contributed by atoms with Gasteiger partial charge in [-0.25, -0.2) is 4.98 Å². The van der Waals surface area contributed by atoms with Crippen LogP contribution in [0.2, 0.25) is 5.02 Å². The summed E-state index contributed by atoms with van der Waals surface area (Å²) in [6.45, 7) is 4.48. The van der Waals surface area contributed by atoms with Crippen molar-refractivity contribution in [2.75, 3.05) is 0 Å². The molecule has 0 radical (unpaired) electrons. The molecule has 1 atom stereocenters. The van der Waals surface area contributed by atoms with Crippen molar-refractivity contribution in [3.8, 4) is 11.3 Å². The summed E-state index contributed by atoms with van der Waals surface area (Å²) in [4.78, 5) is 7.90. The first-order valence-corrected chi connectivity index (χ1v) is 8.42. The molecular formula is C20H21ClN2. The molecule has 3 heteroatoms. The molecule has 0 spiro atoms. The zero-order chi connectivity index (χ0) is 16.2. The second-order valence-electron chi connectivity index (χ2n) is 5.98. The number of halogens is 1. The molecule has 1 N–H and O–H groups in total. The predicted octanol–water partition coefficient (Wildman–Crippen LogP) is 5.83. The Hall–Kier alpha value is -2.06. The molecule has 23 heavy (non-hydrogen) atoms. The van der Waals surface area contributed by atoms with Gasteiger partial charge < -0.3 is 4.98 Å². The normalized spacial score (nSPS) is 12.3. The van der Waals surface area contributed by atoms with E-state index in [0.29, 0.717) is 5.92 Å². The fraction of sp³-hybridized carbons (Fsp3) is 0.250. The van der Waals surface area contributed by atoms with E-state index >= 15 is 0 Å². The highest BCUT2D eigenvalue weighted by Gasteiger charge is 2.07. The van der Waals surface area contributed by atoms with Gasteiger partial charge in [0, 0.05) is 11.4 Å². The van der Waals surface area contributed by atoms with Crippen LogP contribution in [-0.2, 0) is 6.42 Å². The highest BCUT2D eigenvalue weighted by atomic mass is 35.5. The van der Waals surface area contributed by atoms with Crippen molar-refractivity contribution in [3.05, 3.63) is 76.7 Å². The van der Waals surface area contributed by atoms with Gasteiger partial charge in [-0.3, -0.25) is 0 Å². The van der Waals surface area contributed by atoms with E-state index < -0.39 is 0 Å². The van der Waals surface area contributed by atoms with E-state index in [1.54, 1.807) is 0 Å². The van der Waals surface area contributed by atoms with E-state index in [4.69, 9.17) is 11.6 Å². The zero-order valence-electron chi connectivity index (χ0n) is 13.5. The van der Waals surface area contributed by atoms with Crippen LogP contribution in [0.3, 0.4) is 0 Å². The van der Waals surface area contributed by atoms with Gasteiger partial charge in [-0.15, -0.1) is 0 Å². The van der Waals surface area contributed by atoms with Crippen molar-refractivity contribution < 1.29 is 0 Å². The van der Waals surface area contributed by atoms with Crippen molar-refractivity contribution in [3.63, 3.8) is 0 Å². The van der Waals surface area contributed by atoms with Gasteiger partial charge in [0.2, 0.25) is 0 Å². The van der Waals surface area contributed by atoms with Crippen molar-refractivity contribution in [2.45, 2.75) is 32.6 Å². The standard InChI is InChI=1S/C20H21ClN2/c1-3-14(2)16-7-9-17(10-8-16)19-13-22-20(23-19)12-15-5-4-6-18(21)11-15/h4-11,13-14H,3,12H2,1-2H3,(H,22,23). The van der Waals surface area contributed by atoms with Crippen LogP contribution >= 0.6 is 11.6 Å². The molecule has 1 unspecified atom stereocenters. The molecule has 0 fully saturated rings. The third-order valence-corrected chi connectivity index (χ3v) is 4.53. The molecule has 0 bridgehead atoms. The Kier molecular flexibility index (Phi) is 4.82. The average molecular weight is 325 g/mol. The van der Waals surface area contributed by atoms with Gasteiger partial charge >= 0.3 is 0 Å². The van der Waals surface area contributed by atoms with Crippen LogP contribution in [0, 0.1) is 0 Å². The quantitative estimate of drug-likeness (QED) is 0.628. The Labute approximate surface area is 142 Å². The molecule has 1 heterocycles. The average Bonchev–Trinajstić information content (AvgIpc) is 3.03. The summed E-state index contributed by atoms with van der Waals surface area (Å²) < 4.78 is 0. The summed E-state index contributed by atoms with van der Waals surface area (Å²) in [5.74, 6) is 1.55. The molecule has 0 saturated heterocycles. The molecule has 3 rings (SSSR count). The van der Waals surface area contributed by atoms with Crippen LogP contribution in [0.5, 0.6) is 0 Å². The number of benzene rings is 2. The Morgan fingerprint density at radius 3 is 2.61 bits per heavy atom. The summed E-state index contributed by atoms with van der Waals surface area (Å²) in [7, 11) is 0. The van der Waals surface area contributed by atoms with Gasteiger partial charge in [0.05, 0.1) is 11.9 Å². The minimum Gasteiger partial charge on any atom is -0.342 e. The molecule has 0 aliphatic carbocycles. The first-order chi connectivity index (χ1) is 11.2. The van der Waals surface area contributed by atoms with E-state index in [0.717, 1.165) is 34.9 Å². The maximum atomic E-state index is 6.03. The molecular weight excluding hydrogens is 304 g/mol. The highest BCUT2D eigenvalue weighted by molar-refractivity contribution is 6.30. The highest BCUT2D eigenvalue weighted by Crippen LogP contribution is 2.23. The van der Waals surface area contributed by atoms with Gasteiger partial charge in [0.15, 0.2) is 0 Å². The zero-order valence-corrected chi connectivity index (χ0v) is 14.3. The summed E-state index contributed by atoms with van der Waals surface area (Å²) in [6, 6.07) is 16.6. The molecule has 0 aliphatic rings. The van der Waals surface area contributed by atoms with Crippen molar-refractivity contribution in [1.29, 1.82) is 0 Å². The monoisotopic (exact) mass is 324 g/mol. The van der Waals surface area contributed by atoms with Crippen molar-refractivity contribution >= 4 is 11.6 Å². The second kappa shape index (κ2) is 7.01. The smallest absolute Gasteiger partial charge is 0.110 e.